The van der Waals surface area contributed by atoms with E-state index in [2.05, 4.69) is 0 Å². The highest BCUT2D eigenvalue weighted by molar-refractivity contribution is 5.87. The van der Waals surface area contributed by atoms with E-state index in [9.17, 15) is 50.8 Å². The molecule has 2 aromatic rings. The van der Waals surface area contributed by atoms with E-state index in [4.69, 9.17) is 23.7 Å². The lowest BCUT2D eigenvalue weighted by atomic mass is 9.97. The number of carbonyl (C=O) groups excluding carboxylic acids is 1. The van der Waals surface area contributed by atoms with E-state index in [1.165, 1.54) is 43.3 Å². The maximum Gasteiger partial charge on any atom is 0.330 e. The van der Waals surface area contributed by atoms with Gasteiger partial charge in [0.15, 0.2) is 35.6 Å². The van der Waals surface area contributed by atoms with Crippen LogP contribution in [0, 0.1) is 0 Å². The van der Waals surface area contributed by atoms with Crippen molar-refractivity contribution >= 4 is 12.0 Å². The van der Waals surface area contributed by atoms with Gasteiger partial charge in [0.2, 0.25) is 0 Å². The van der Waals surface area contributed by atoms with Gasteiger partial charge in [-0.15, -0.1) is 0 Å². The van der Waals surface area contributed by atoms with Gasteiger partial charge in [-0.2, -0.15) is 0 Å². The number of rotatable bonds is 10. The minimum absolute atomic E-state index is 0.0754. The molecule has 15 heteroatoms. The minimum Gasteiger partial charge on any atom is -0.504 e. The Labute approximate surface area is 251 Å². The molecular weight excluding hydrogens is 588 g/mol. The number of phenols is 4. The second-order valence-corrected chi connectivity index (χ2v) is 10.5. The predicted molar refractivity (Wildman–Crippen MR) is 147 cm³/mol. The van der Waals surface area contributed by atoms with Crippen molar-refractivity contribution in [2.75, 3.05) is 13.2 Å². The fourth-order valence-electron chi connectivity index (χ4n) is 4.66. The fraction of sp³-hybridized carbons (Fsp3) is 0.483. The molecule has 2 heterocycles. The standard InChI is InChI=1S/C29H36O15/c1-13-22(35)24(37)25(38)29(42-13)44-27-23(36)20(12-41-21(34)7-4-14-2-5-16(30)18(32)10-14)43-28(26(27)39)40-9-8-15-3-6-17(31)19(33)11-15/h2-7,10-11,13,20,22-33,35-39H,8-9,12H2,1H3/b7-4+/t13-,20+,22-,23+,24+,25+,26+,27-,28+,29+/m0/s1. The van der Waals surface area contributed by atoms with Crippen LogP contribution in [0.5, 0.6) is 23.0 Å². The van der Waals surface area contributed by atoms with E-state index in [-0.39, 0.29) is 36.0 Å². The third-order valence-corrected chi connectivity index (χ3v) is 7.26. The second kappa shape index (κ2) is 14.5. The molecule has 0 aromatic heterocycles. The summed E-state index contributed by atoms with van der Waals surface area (Å²) >= 11 is 0. The van der Waals surface area contributed by atoms with Crippen LogP contribution in [0.1, 0.15) is 18.1 Å². The van der Waals surface area contributed by atoms with Gasteiger partial charge in [-0.1, -0.05) is 12.1 Å². The topological polar surface area (TPSA) is 245 Å². The van der Waals surface area contributed by atoms with Crippen LogP contribution >= 0.6 is 0 Å². The number of benzene rings is 2. The molecule has 2 aliphatic heterocycles. The molecular formula is C29H36O15. The highest BCUT2D eigenvalue weighted by atomic mass is 16.7. The molecule has 15 nitrogen and oxygen atoms in total. The first-order chi connectivity index (χ1) is 20.8. The highest BCUT2D eigenvalue weighted by Gasteiger charge is 2.50. The van der Waals surface area contributed by atoms with E-state index >= 15 is 0 Å². The molecule has 0 radical (unpaired) electrons. The number of hydrogen-bond acceptors (Lipinski definition) is 15. The second-order valence-electron chi connectivity index (χ2n) is 10.5. The number of aliphatic hydroxyl groups is 5. The maximum absolute atomic E-state index is 12.4. The van der Waals surface area contributed by atoms with E-state index in [1.54, 1.807) is 6.07 Å². The Morgan fingerprint density at radius 3 is 2.16 bits per heavy atom. The van der Waals surface area contributed by atoms with Crippen LogP contribution in [0.25, 0.3) is 6.08 Å². The van der Waals surface area contributed by atoms with Crippen LogP contribution < -0.4 is 0 Å². The Bertz CT molecular complexity index is 1300. The molecule has 242 valence electrons. The van der Waals surface area contributed by atoms with Crippen LogP contribution in [0.15, 0.2) is 42.5 Å². The van der Waals surface area contributed by atoms with Crippen LogP contribution in [0.3, 0.4) is 0 Å². The van der Waals surface area contributed by atoms with Crippen molar-refractivity contribution in [3.05, 3.63) is 53.6 Å². The normalized spacial score (nSPS) is 32.5. The van der Waals surface area contributed by atoms with Crippen LogP contribution in [-0.4, -0.2) is 127 Å². The average Bonchev–Trinajstić information content (AvgIpc) is 2.99. The van der Waals surface area contributed by atoms with Crippen molar-refractivity contribution < 1.29 is 74.4 Å². The third kappa shape index (κ3) is 7.95. The predicted octanol–water partition coefficient (Wildman–Crippen LogP) is -1.02. The van der Waals surface area contributed by atoms with Gasteiger partial charge in [0, 0.05) is 6.08 Å². The van der Waals surface area contributed by atoms with Gasteiger partial charge in [-0.3, -0.25) is 0 Å². The van der Waals surface area contributed by atoms with Crippen molar-refractivity contribution in [3.63, 3.8) is 0 Å². The van der Waals surface area contributed by atoms with E-state index in [0.717, 1.165) is 6.08 Å². The number of carbonyl (C=O) groups is 1. The lowest BCUT2D eigenvalue weighted by Crippen LogP contribution is -2.64. The van der Waals surface area contributed by atoms with Gasteiger partial charge < -0.3 is 69.6 Å². The lowest BCUT2D eigenvalue weighted by molar-refractivity contribution is -0.357. The van der Waals surface area contributed by atoms with Crippen molar-refractivity contribution in [2.45, 2.75) is 74.8 Å². The van der Waals surface area contributed by atoms with Gasteiger partial charge in [0.25, 0.3) is 0 Å². The molecule has 9 N–H and O–H groups in total. The summed E-state index contributed by atoms with van der Waals surface area (Å²) in [6.45, 7) is 0.804. The lowest BCUT2D eigenvalue weighted by Gasteiger charge is -2.45. The summed E-state index contributed by atoms with van der Waals surface area (Å²) in [5.41, 5.74) is 0.962. The molecule has 2 saturated heterocycles. The largest absolute Gasteiger partial charge is 0.504 e. The summed E-state index contributed by atoms with van der Waals surface area (Å²) in [6, 6.07) is 8.05. The zero-order chi connectivity index (χ0) is 32.1. The molecule has 0 saturated carbocycles. The monoisotopic (exact) mass is 624 g/mol. The van der Waals surface area contributed by atoms with Crippen molar-refractivity contribution in [1.29, 1.82) is 0 Å². The van der Waals surface area contributed by atoms with Crippen molar-refractivity contribution in [1.82, 2.24) is 0 Å². The highest BCUT2D eigenvalue weighted by Crippen LogP contribution is 2.31. The fourth-order valence-corrected chi connectivity index (χ4v) is 4.66. The molecule has 4 rings (SSSR count). The smallest absolute Gasteiger partial charge is 0.330 e. The average molecular weight is 625 g/mol. The number of esters is 1. The van der Waals surface area contributed by atoms with E-state index in [1.807, 2.05) is 0 Å². The SMILES string of the molecule is C[C@@H]1O[C@H](O[C@@H]2[C@@H](O)[C@H](OCCc3ccc(O)c(O)c3)O[C@H](COC(=O)/C=C/c3ccc(O)c(O)c3)[C@H]2O)[C@H](O)[C@H](O)[C@H]1O. The number of phenolic OH excluding ortho intramolecular Hbond substituents is 4. The number of aliphatic hydroxyl groups excluding tert-OH is 5. The summed E-state index contributed by atoms with van der Waals surface area (Å²) in [6.07, 6.45) is -12.5. The summed E-state index contributed by atoms with van der Waals surface area (Å²) in [4.78, 5) is 12.4. The summed E-state index contributed by atoms with van der Waals surface area (Å²) in [5, 5.41) is 90.8. The van der Waals surface area contributed by atoms with E-state index < -0.39 is 74.0 Å². The van der Waals surface area contributed by atoms with Crippen molar-refractivity contribution in [2.24, 2.45) is 0 Å². The van der Waals surface area contributed by atoms with Gasteiger partial charge in [-0.05, 0) is 54.8 Å². The third-order valence-electron chi connectivity index (χ3n) is 7.26. The first kappa shape index (κ1) is 33.4. The number of ether oxygens (including phenoxy) is 5. The molecule has 0 spiro atoms. The molecule has 10 atom stereocenters. The molecule has 0 bridgehead atoms. The maximum atomic E-state index is 12.4. The molecule has 0 aliphatic carbocycles. The summed E-state index contributed by atoms with van der Waals surface area (Å²) in [5.74, 6) is -2.23. The molecule has 44 heavy (non-hydrogen) atoms. The zero-order valence-corrected chi connectivity index (χ0v) is 23.5. The molecule has 0 amide bonds. The Morgan fingerprint density at radius 1 is 0.795 bits per heavy atom. The minimum atomic E-state index is -1.74. The molecule has 2 aromatic carbocycles. The Hall–Kier alpha value is -3.51. The Balaban J connectivity index is 1.44. The van der Waals surface area contributed by atoms with Crippen LogP contribution in [-0.2, 0) is 34.9 Å². The van der Waals surface area contributed by atoms with Crippen LogP contribution in [0.4, 0.5) is 0 Å². The van der Waals surface area contributed by atoms with Crippen LogP contribution in [0.2, 0.25) is 0 Å². The van der Waals surface area contributed by atoms with Crippen molar-refractivity contribution in [3.8, 4) is 23.0 Å². The quantitative estimate of drug-likeness (QED) is 0.0873. The summed E-state index contributed by atoms with van der Waals surface area (Å²) in [7, 11) is 0. The van der Waals surface area contributed by atoms with Gasteiger partial charge >= 0.3 is 5.97 Å². The molecule has 0 unspecified atom stereocenters. The first-order valence-corrected chi connectivity index (χ1v) is 13.7. The first-order valence-electron chi connectivity index (χ1n) is 13.7. The van der Waals surface area contributed by atoms with Gasteiger partial charge in [0.1, 0.15) is 49.3 Å². The summed E-state index contributed by atoms with van der Waals surface area (Å²) < 4.78 is 27.7. The van der Waals surface area contributed by atoms with Gasteiger partial charge in [0.05, 0.1) is 12.7 Å². The number of hydrogen-bond donors (Lipinski definition) is 9. The Morgan fingerprint density at radius 2 is 1.48 bits per heavy atom. The van der Waals surface area contributed by atoms with E-state index in [0.29, 0.717) is 11.1 Å². The molecule has 2 fully saturated rings. The Kier molecular flexibility index (Phi) is 11.0. The molecule has 2 aliphatic rings. The zero-order valence-electron chi connectivity index (χ0n) is 23.5. The number of aromatic hydroxyl groups is 4. The van der Waals surface area contributed by atoms with Gasteiger partial charge in [-0.25, -0.2) is 4.79 Å².